The van der Waals surface area contributed by atoms with Crippen LogP contribution in [0.3, 0.4) is 0 Å². The quantitative estimate of drug-likeness (QED) is 0.439. The van der Waals surface area contributed by atoms with Crippen LogP contribution < -0.4 is 0 Å². The van der Waals surface area contributed by atoms with Gasteiger partial charge in [-0.3, -0.25) is 0 Å². The van der Waals surface area contributed by atoms with E-state index in [-0.39, 0.29) is 16.8 Å². The molecule has 1 saturated carbocycles. The molecule has 10 heteroatoms. The molecule has 0 aliphatic heterocycles. The van der Waals surface area contributed by atoms with Crippen molar-refractivity contribution in [2.24, 2.45) is 7.05 Å². The number of halogens is 3. The van der Waals surface area contributed by atoms with Gasteiger partial charge in [0.25, 0.3) is 0 Å². The largest absolute Gasteiger partial charge is 0.611 e. The number of imidazole rings is 1. The minimum atomic E-state index is -4.41. The first-order valence-corrected chi connectivity index (χ1v) is 10.9. The van der Waals surface area contributed by atoms with Crippen LogP contribution in [0.15, 0.2) is 34.3 Å². The van der Waals surface area contributed by atoms with Gasteiger partial charge >= 0.3 is 5.51 Å². The van der Waals surface area contributed by atoms with Crippen molar-refractivity contribution in [1.82, 2.24) is 19.5 Å². The minimum Gasteiger partial charge on any atom is -0.611 e. The zero-order valence-electron chi connectivity index (χ0n) is 15.2. The lowest BCUT2D eigenvalue weighted by Gasteiger charge is -2.13. The Labute approximate surface area is 167 Å². The molecule has 148 valence electrons. The zero-order chi connectivity index (χ0) is 20.1. The normalized spacial score (nSPS) is 15.9. The Bertz CT molecular complexity index is 1030. The number of hydrogen-bond donors (Lipinski definition) is 0. The summed E-state index contributed by atoms with van der Waals surface area (Å²) in [6.45, 7) is 1.83. The van der Waals surface area contributed by atoms with Crippen molar-refractivity contribution in [3.8, 4) is 11.5 Å². The second-order valence-corrected chi connectivity index (χ2v) is 9.34. The summed E-state index contributed by atoms with van der Waals surface area (Å²) in [5.74, 6) is 1.33. The van der Waals surface area contributed by atoms with E-state index < -0.39 is 16.7 Å². The number of nitrogens with zero attached hydrogens (tertiary/aromatic N) is 4. The van der Waals surface area contributed by atoms with Gasteiger partial charge in [0, 0.05) is 30.4 Å². The average molecular weight is 426 g/mol. The lowest BCUT2D eigenvalue weighted by molar-refractivity contribution is -0.0329. The summed E-state index contributed by atoms with van der Waals surface area (Å²) in [4.78, 5) is 13.7. The van der Waals surface area contributed by atoms with Gasteiger partial charge in [0.1, 0.15) is 10.8 Å². The van der Waals surface area contributed by atoms with Crippen LogP contribution in [0.1, 0.15) is 31.4 Å². The molecule has 0 radical (unpaired) electrons. The molecule has 1 fully saturated rings. The van der Waals surface area contributed by atoms with E-state index in [9.17, 15) is 17.7 Å². The van der Waals surface area contributed by atoms with E-state index in [1.165, 1.54) is 12.3 Å². The molecule has 3 aromatic heterocycles. The molecular weight excluding hydrogens is 409 g/mol. The lowest BCUT2D eigenvalue weighted by atomic mass is 10.2. The van der Waals surface area contributed by atoms with Gasteiger partial charge in [0.05, 0.1) is 17.2 Å². The van der Waals surface area contributed by atoms with Crippen LogP contribution in [-0.2, 0) is 18.2 Å². The first-order chi connectivity index (χ1) is 13.3. The molecule has 0 saturated heterocycles. The summed E-state index contributed by atoms with van der Waals surface area (Å²) >= 11 is -1.51. The molecule has 5 nitrogen and oxygen atoms in total. The fourth-order valence-electron chi connectivity index (χ4n) is 3.02. The van der Waals surface area contributed by atoms with E-state index in [1.807, 2.05) is 19.1 Å². The lowest BCUT2D eigenvalue weighted by Crippen LogP contribution is -2.09. The molecule has 28 heavy (non-hydrogen) atoms. The maximum atomic E-state index is 12.7. The molecule has 0 aromatic carbocycles. The third-order valence-electron chi connectivity index (χ3n) is 4.56. The van der Waals surface area contributed by atoms with Gasteiger partial charge in [-0.25, -0.2) is 15.0 Å². The molecule has 1 aliphatic carbocycles. The smallest absolute Gasteiger partial charge is 0.447 e. The molecule has 1 atom stereocenters. The molecular formula is C18H17F3N4OS2. The molecule has 0 amide bonds. The van der Waals surface area contributed by atoms with Crippen molar-refractivity contribution < 1.29 is 17.7 Å². The minimum absolute atomic E-state index is 0.165. The highest BCUT2D eigenvalue weighted by atomic mass is 32.2. The number of aryl methyl sites for hydroxylation is 1. The van der Waals surface area contributed by atoms with Crippen LogP contribution in [0, 0.1) is 0 Å². The van der Waals surface area contributed by atoms with Crippen LogP contribution in [-0.4, -0.2) is 35.3 Å². The highest BCUT2D eigenvalue weighted by Gasteiger charge is 2.31. The van der Waals surface area contributed by atoms with Crippen LogP contribution in [0.2, 0.25) is 0 Å². The van der Waals surface area contributed by atoms with Gasteiger partial charge in [-0.2, -0.15) is 13.2 Å². The number of rotatable bonds is 5. The first kappa shape index (κ1) is 19.5. The molecule has 4 rings (SSSR count). The Morgan fingerprint density at radius 3 is 2.68 bits per heavy atom. The molecule has 0 spiro atoms. The van der Waals surface area contributed by atoms with Crippen molar-refractivity contribution in [3.05, 3.63) is 30.1 Å². The van der Waals surface area contributed by atoms with E-state index in [4.69, 9.17) is 4.98 Å². The van der Waals surface area contributed by atoms with Crippen molar-refractivity contribution in [2.45, 2.75) is 41.1 Å². The number of thioether (sulfide) groups is 1. The van der Waals surface area contributed by atoms with Crippen LogP contribution in [0.4, 0.5) is 13.2 Å². The van der Waals surface area contributed by atoms with Gasteiger partial charge in [-0.1, -0.05) is 0 Å². The second kappa shape index (κ2) is 7.23. The van der Waals surface area contributed by atoms with Gasteiger partial charge < -0.3 is 9.12 Å². The van der Waals surface area contributed by atoms with E-state index in [0.29, 0.717) is 39.1 Å². The SMILES string of the molecule is CC[S+]([O-])c1ccc(C2CC2)nc1-c1nc2cc(SC(F)(F)F)ncc2n1C. The maximum absolute atomic E-state index is 12.7. The molecule has 0 N–H and O–H groups in total. The highest BCUT2D eigenvalue weighted by Crippen LogP contribution is 2.41. The van der Waals surface area contributed by atoms with Crippen LogP contribution in [0.5, 0.6) is 0 Å². The Morgan fingerprint density at radius 2 is 2.04 bits per heavy atom. The Kier molecular flexibility index (Phi) is 5.05. The third-order valence-corrected chi connectivity index (χ3v) is 6.57. The first-order valence-electron chi connectivity index (χ1n) is 8.74. The van der Waals surface area contributed by atoms with E-state index in [0.717, 1.165) is 18.5 Å². The van der Waals surface area contributed by atoms with E-state index >= 15 is 0 Å². The number of pyridine rings is 2. The van der Waals surface area contributed by atoms with Gasteiger partial charge in [-0.05, 0) is 49.1 Å². The van der Waals surface area contributed by atoms with Gasteiger partial charge in [-0.15, -0.1) is 0 Å². The molecule has 3 aromatic rings. The van der Waals surface area contributed by atoms with Crippen molar-refractivity contribution in [3.63, 3.8) is 0 Å². The Hall–Kier alpha value is -1.78. The average Bonchev–Trinajstić information content (AvgIpc) is 3.44. The van der Waals surface area contributed by atoms with Crippen molar-refractivity contribution >= 4 is 34.0 Å². The Morgan fingerprint density at radius 1 is 1.29 bits per heavy atom. The summed E-state index contributed by atoms with van der Waals surface area (Å²) in [5, 5.41) is -0.165. The molecule has 1 unspecified atom stereocenters. The van der Waals surface area contributed by atoms with E-state index in [1.54, 1.807) is 11.6 Å². The molecule has 3 heterocycles. The predicted octanol–water partition coefficient (Wildman–Crippen LogP) is 4.65. The molecule has 0 bridgehead atoms. The number of hydrogen-bond acceptors (Lipinski definition) is 5. The van der Waals surface area contributed by atoms with Crippen molar-refractivity contribution in [1.29, 1.82) is 0 Å². The zero-order valence-corrected chi connectivity index (χ0v) is 16.8. The summed E-state index contributed by atoms with van der Waals surface area (Å²) < 4.78 is 52.2. The summed E-state index contributed by atoms with van der Waals surface area (Å²) in [5.41, 5.74) is -1.97. The Balaban J connectivity index is 1.84. The van der Waals surface area contributed by atoms with Gasteiger partial charge in [0.2, 0.25) is 0 Å². The third kappa shape index (κ3) is 3.85. The summed E-state index contributed by atoms with van der Waals surface area (Å²) in [6.07, 6.45) is 3.53. The fraction of sp³-hybridized carbons (Fsp3) is 0.389. The second-order valence-electron chi connectivity index (χ2n) is 6.54. The highest BCUT2D eigenvalue weighted by molar-refractivity contribution is 8.00. The number of aromatic nitrogens is 4. The number of alkyl halides is 3. The monoisotopic (exact) mass is 426 g/mol. The number of fused-ring (bicyclic) bond motifs is 1. The maximum Gasteiger partial charge on any atom is 0.447 e. The van der Waals surface area contributed by atoms with Gasteiger partial charge in [0.15, 0.2) is 16.4 Å². The van der Waals surface area contributed by atoms with Crippen molar-refractivity contribution in [2.75, 3.05) is 5.75 Å². The van der Waals surface area contributed by atoms with Crippen LogP contribution >= 0.6 is 11.8 Å². The van der Waals surface area contributed by atoms with E-state index in [2.05, 4.69) is 9.97 Å². The standard InChI is InChI=1S/C18H17F3N4OS2/c1-3-28(26)14-7-6-11(10-4-5-10)23-16(14)17-24-12-8-15(27-18(19,20)21)22-9-13(12)25(17)2/h6-10H,3-5H2,1-2H3. The predicted molar refractivity (Wildman–Crippen MR) is 103 cm³/mol. The topological polar surface area (TPSA) is 66.7 Å². The summed E-state index contributed by atoms with van der Waals surface area (Å²) in [7, 11) is 1.76. The fourth-order valence-corrected chi connectivity index (χ4v) is 4.42. The summed E-state index contributed by atoms with van der Waals surface area (Å²) in [6, 6.07) is 5.06. The van der Waals surface area contributed by atoms with Crippen LogP contribution in [0.25, 0.3) is 22.6 Å². The molecule has 1 aliphatic rings.